The van der Waals surface area contributed by atoms with Crippen molar-refractivity contribution in [3.05, 3.63) is 84.6 Å². The molecular weight excluding hydrogens is 580 g/mol. The molecule has 1 atom stereocenters. The van der Waals surface area contributed by atoms with Gasteiger partial charge in [-0.3, -0.25) is 9.36 Å². The Morgan fingerprint density at radius 2 is 1.69 bits per heavy atom. The fraction of sp³-hybridized carbons (Fsp3) is 0.333. The minimum atomic E-state index is -3.60. The smallest absolute Gasteiger partial charge is 0.320 e. The Morgan fingerprint density at radius 3 is 2.36 bits per heavy atom. The quantitative estimate of drug-likeness (QED) is 0.327. The Hall–Kier alpha value is -4.84. The van der Waals surface area contributed by atoms with E-state index >= 15 is 8.78 Å². The summed E-state index contributed by atoms with van der Waals surface area (Å²) in [5, 5.41) is 11.5. The van der Waals surface area contributed by atoms with E-state index in [0.717, 1.165) is 28.8 Å². The summed E-state index contributed by atoms with van der Waals surface area (Å²) >= 11 is 0. The van der Waals surface area contributed by atoms with Gasteiger partial charge in [-0.15, -0.1) is 0 Å². The second kappa shape index (κ2) is 10.7. The average molecular weight is 614 g/mol. The van der Waals surface area contributed by atoms with Crippen molar-refractivity contribution in [1.29, 1.82) is 0 Å². The van der Waals surface area contributed by atoms with Crippen LogP contribution in [0.25, 0.3) is 28.1 Å². The second-order valence-electron chi connectivity index (χ2n) is 12.0. The number of fused-ring (bicyclic) bond motifs is 1. The number of urea groups is 1. The molecule has 3 fully saturated rings. The van der Waals surface area contributed by atoms with E-state index in [9.17, 15) is 14.7 Å². The summed E-state index contributed by atoms with van der Waals surface area (Å²) in [6, 6.07) is 15.5. The van der Waals surface area contributed by atoms with Crippen molar-refractivity contribution in [2.75, 3.05) is 45.0 Å². The van der Waals surface area contributed by atoms with Crippen molar-refractivity contribution >= 4 is 28.8 Å². The van der Waals surface area contributed by atoms with Crippen LogP contribution in [0, 0.1) is 0 Å². The van der Waals surface area contributed by atoms with Crippen LogP contribution in [0.2, 0.25) is 0 Å². The van der Waals surface area contributed by atoms with E-state index in [2.05, 4.69) is 23.7 Å². The van der Waals surface area contributed by atoms with Crippen LogP contribution >= 0.6 is 0 Å². The zero-order valence-corrected chi connectivity index (χ0v) is 24.6. The molecule has 0 radical (unpaired) electrons. The van der Waals surface area contributed by atoms with Crippen LogP contribution in [0.15, 0.2) is 73.4 Å². The summed E-state index contributed by atoms with van der Waals surface area (Å²) in [7, 11) is 0. The lowest BCUT2D eigenvalue weighted by atomic mass is 9.90. The molecule has 2 aromatic carbocycles. The van der Waals surface area contributed by atoms with Gasteiger partial charge in [-0.05, 0) is 72.4 Å². The number of hydrogen-bond acceptors (Lipinski definition) is 6. The highest BCUT2D eigenvalue weighted by atomic mass is 19.3. The summed E-state index contributed by atoms with van der Waals surface area (Å²) < 4.78 is 33.0. The molecular formula is C33H33F2N7O3. The van der Waals surface area contributed by atoms with Gasteiger partial charge < -0.3 is 25.5 Å². The van der Waals surface area contributed by atoms with E-state index in [4.69, 9.17) is 10.7 Å². The number of pyridine rings is 1. The lowest BCUT2D eigenvalue weighted by Gasteiger charge is -2.36. The number of aromatic nitrogens is 3. The largest absolute Gasteiger partial charge is 0.383 e. The van der Waals surface area contributed by atoms with Crippen molar-refractivity contribution in [2.24, 2.45) is 0 Å². The number of halogens is 2. The number of alkyl halides is 2. The predicted octanol–water partition coefficient (Wildman–Crippen LogP) is 4.14. The minimum absolute atomic E-state index is 0.00141. The van der Waals surface area contributed by atoms with Gasteiger partial charge in [0, 0.05) is 38.1 Å². The topological polar surface area (TPSA) is 121 Å². The number of amides is 3. The van der Waals surface area contributed by atoms with Gasteiger partial charge in [0.1, 0.15) is 11.6 Å². The number of benzene rings is 2. The number of rotatable bonds is 5. The number of hydrogen-bond donors (Lipinski definition) is 2. The van der Waals surface area contributed by atoms with Gasteiger partial charge in [0.05, 0.1) is 29.7 Å². The first-order valence-corrected chi connectivity index (χ1v) is 15.0. The van der Waals surface area contributed by atoms with Gasteiger partial charge in [0.2, 0.25) is 5.91 Å². The van der Waals surface area contributed by atoms with E-state index in [1.165, 1.54) is 28.7 Å². The highest BCUT2D eigenvalue weighted by Gasteiger charge is 2.62. The summed E-state index contributed by atoms with van der Waals surface area (Å²) in [5.41, 5.74) is 7.76. The number of piperazine rings is 1. The fourth-order valence-electron chi connectivity index (χ4n) is 6.40. The monoisotopic (exact) mass is 613 g/mol. The Morgan fingerprint density at radius 1 is 0.978 bits per heavy atom. The fourth-order valence-corrected chi connectivity index (χ4v) is 6.40. The van der Waals surface area contributed by atoms with Gasteiger partial charge >= 0.3 is 6.03 Å². The Labute approximate surface area is 258 Å². The summed E-state index contributed by atoms with van der Waals surface area (Å²) in [6.07, 6.45) is 5.08. The van der Waals surface area contributed by atoms with Crippen LogP contribution in [0.3, 0.4) is 0 Å². The van der Waals surface area contributed by atoms with Gasteiger partial charge in [-0.25, -0.2) is 23.5 Å². The lowest BCUT2D eigenvalue weighted by molar-refractivity contribution is -0.151. The van der Waals surface area contributed by atoms with E-state index in [1.54, 1.807) is 29.3 Å². The van der Waals surface area contributed by atoms with E-state index in [1.807, 2.05) is 16.7 Å². The van der Waals surface area contributed by atoms with Crippen LogP contribution in [0.4, 0.5) is 19.4 Å². The third kappa shape index (κ3) is 4.89. The lowest BCUT2D eigenvalue weighted by Crippen LogP contribution is -2.53. The summed E-state index contributed by atoms with van der Waals surface area (Å²) in [5.74, 6) is -2.45. The highest BCUT2D eigenvalue weighted by Crippen LogP contribution is 2.45. The van der Waals surface area contributed by atoms with Crippen LogP contribution in [-0.4, -0.2) is 91.5 Å². The SMILES string of the molecule is C=CC(=O)N1CCN(C(=O)N2CC(F)(F)[C@](O)(c3ccc(-n4c(-c5cccnc5N)nc5ccc(C6CC6)cc54)cc3)C2)CC1. The molecule has 0 spiro atoms. The van der Waals surface area contributed by atoms with E-state index in [-0.39, 0.29) is 37.6 Å². The molecule has 1 saturated carbocycles. The number of anilines is 1. The number of nitrogens with zero attached hydrogens (tertiary/aromatic N) is 6. The molecule has 2 saturated heterocycles. The molecule has 3 amide bonds. The summed E-state index contributed by atoms with van der Waals surface area (Å²) in [4.78, 5) is 38.2. The van der Waals surface area contributed by atoms with Crippen molar-refractivity contribution in [3.8, 4) is 17.1 Å². The molecule has 2 aromatic heterocycles. The van der Waals surface area contributed by atoms with Crippen LogP contribution in [-0.2, 0) is 10.4 Å². The molecule has 4 aromatic rings. The van der Waals surface area contributed by atoms with Crippen molar-refractivity contribution < 1.29 is 23.5 Å². The third-order valence-electron chi connectivity index (χ3n) is 9.13. The molecule has 10 nitrogen and oxygen atoms in total. The van der Waals surface area contributed by atoms with E-state index < -0.39 is 30.6 Å². The first-order chi connectivity index (χ1) is 21.6. The zero-order valence-electron chi connectivity index (χ0n) is 24.6. The van der Waals surface area contributed by atoms with Gasteiger partial charge in [0.25, 0.3) is 5.92 Å². The van der Waals surface area contributed by atoms with Crippen LogP contribution in [0.1, 0.15) is 29.9 Å². The number of aliphatic hydroxyl groups is 1. The minimum Gasteiger partial charge on any atom is -0.383 e. The number of imidazole rings is 1. The first kappa shape index (κ1) is 28.9. The Bertz CT molecular complexity index is 1810. The zero-order chi connectivity index (χ0) is 31.5. The van der Waals surface area contributed by atoms with Crippen LogP contribution < -0.4 is 5.73 Å². The number of β-amino-alcohol motifs (C(OH)–C–C–N with tert-alkyl or cyclic N) is 1. The maximum atomic E-state index is 15.5. The normalized spacial score (nSPS) is 21.4. The Balaban J connectivity index is 1.19. The average Bonchev–Trinajstić information content (AvgIpc) is 3.78. The summed E-state index contributed by atoms with van der Waals surface area (Å²) in [6.45, 7) is 2.97. The number of carbonyl (C=O) groups excluding carboxylic acids is 2. The van der Waals surface area contributed by atoms with Crippen molar-refractivity contribution in [1.82, 2.24) is 29.2 Å². The van der Waals surface area contributed by atoms with Gasteiger partial charge in [-0.1, -0.05) is 24.8 Å². The van der Waals surface area contributed by atoms with Crippen molar-refractivity contribution in [3.63, 3.8) is 0 Å². The van der Waals surface area contributed by atoms with Gasteiger partial charge in [0.15, 0.2) is 5.60 Å². The molecule has 12 heteroatoms. The molecule has 4 heterocycles. The molecule has 232 valence electrons. The first-order valence-electron chi connectivity index (χ1n) is 15.0. The predicted molar refractivity (Wildman–Crippen MR) is 165 cm³/mol. The number of likely N-dealkylation sites (tertiary alicyclic amines) is 1. The van der Waals surface area contributed by atoms with Gasteiger partial charge in [-0.2, -0.15) is 0 Å². The maximum Gasteiger partial charge on any atom is 0.320 e. The van der Waals surface area contributed by atoms with Crippen LogP contribution in [0.5, 0.6) is 0 Å². The molecule has 1 aliphatic carbocycles. The standard InChI is InChI=1S/C33H33F2N7O3/c1-2-28(43)39-14-16-40(17-15-39)31(44)41-19-32(45,33(34,35)20-41)23-8-10-24(11-9-23)42-27-18-22(21-5-6-21)7-12-26(27)38-30(42)25-4-3-13-37-29(25)36/h2-4,7-13,18,21,45H,1,5-6,14-17,19-20H2,(H2,36,37)/t32-/m1/s1. The van der Waals surface area contributed by atoms with E-state index in [0.29, 0.717) is 28.8 Å². The molecule has 2 aliphatic heterocycles. The molecule has 7 rings (SSSR count). The third-order valence-corrected chi connectivity index (χ3v) is 9.13. The van der Waals surface area contributed by atoms with Crippen molar-refractivity contribution in [2.45, 2.75) is 30.3 Å². The molecule has 3 aliphatic rings. The maximum absolute atomic E-state index is 15.5. The molecule has 0 bridgehead atoms. The molecule has 3 N–H and O–H groups in total. The number of nitrogen functional groups attached to an aromatic ring is 1. The Kier molecular flexibility index (Phi) is 6.84. The number of nitrogens with two attached hydrogens (primary N) is 1. The molecule has 0 unspecified atom stereocenters. The molecule has 45 heavy (non-hydrogen) atoms. The highest BCUT2D eigenvalue weighted by molar-refractivity contribution is 5.87. The number of carbonyl (C=O) groups is 2. The second-order valence-corrected chi connectivity index (χ2v) is 12.0.